The number of unbranched alkanes of at least 4 members (excludes halogenated alkanes) is 1. The third-order valence-corrected chi connectivity index (χ3v) is 3.42. The Morgan fingerprint density at radius 1 is 1.10 bits per heavy atom. The molecule has 2 rings (SSSR count). The van der Waals surface area contributed by atoms with Crippen LogP contribution in [0.3, 0.4) is 0 Å². The van der Waals surface area contributed by atoms with Gasteiger partial charge in [-0.1, -0.05) is 30.3 Å². The summed E-state index contributed by atoms with van der Waals surface area (Å²) in [4.78, 5) is 0. The Hall–Kier alpha value is -1.87. The van der Waals surface area contributed by atoms with E-state index in [-0.39, 0.29) is 11.9 Å². The van der Waals surface area contributed by atoms with Crippen LogP contribution >= 0.6 is 0 Å². The molecule has 0 saturated heterocycles. The van der Waals surface area contributed by atoms with Gasteiger partial charge in [0.05, 0.1) is 6.61 Å². The lowest BCUT2D eigenvalue weighted by Crippen LogP contribution is -2.09. The minimum atomic E-state index is -0.279. The molecule has 0 amide bonds. The van der Waals surface area contributed by atoms with E-state index in [1.54, 1.807) is 6.07 Å². The maximum atomic E-state index is 13.2. The van der Waals surface area contributed by atoms with E-state index in [0.29, 0.717) is 12.4 Å². The zero-order valence-electron chi connectivity index (χ0n) is 12.4. The van der Waals surface area contributed by atoms with Crippen LogP contribution in [0.1, 0.15) is 36.9 Å². The zero-order chi connectivity index (χ0) is 15.1. The van der Waals surface area contributed by atoms with E-state index < -0.39 is 0 Å². The number of hydrogen-bond donors (Lipinski definition) is 1. The molecule has 2 N–H and O–H groups in total. The van der Waals surface area contributed by atoms with Crippen molar-refractivity contribution in [2.24, 2.45) is 5.73 Å². The van der Waals surface area contributed by atoms with Crippen molar-refractivity contribution < 1.29 is 9.13 Å². The predicted octanol–water partition coefficient (Wildman–Crippen LogP) is 4.25. The van der Waals surface area contributed by atoms with Crippen LogP contribution in [0, 0.1) is 5.82 Å². The molecule has 0 aliphatic rings. The molecule has 0 aromatic heterocycles. The number of aryl methyl sites for hydroxylation is 1. The summed E-state index contributed by atoms with van der Waals surface area (Å²) in [6.45, 7) is 2.45. The third kappa shape index (κ3) is 4.87. The van der Waals surface area contributed by atoms with Crippen LogP contribution in [0.25, 0.3) is 0 Å². The summed E-state index contributed by atoms with van der Waals surface area (Å²) in [6, 6.07) is 14.7. The molecule has 0 aliphatic heterocycles. The topological polar surface area (TPSA) is 35.2 Å². The van der Waals surface area contributed by atoms with Gasteiger partial charge >= 0.3 is 0 Å². The highest BCUT2D eigenvalue weighted by molar-refractivity contribution is 5.36. The van der Waals surface area contributed by atoms with Crippen molar-refractivity contribution in [3.8, 4) is 5.75 Å². The summed E-state index contributed by atoms with van der Waals surface area (Å²) >= 11 is 0. The van der Waals surface area contributed by atoms with E-state index in [2.05, 4.69) is 24.3 Å². The number of ether oxygens (including phenoxy) is 1. The summed E-state index contributed by atoms with van der Waals surface area (Å²) in [5, 5.41) is 0. The minimum Gasteiger partial charge on any atom is -0.493 e. The molecule has 0 bridgehead atoms. The van der Waals surface area contributed by atoms with Crippen LogP contribution in [0.15, 0.2) is 48.5 Å². The van der Waals surface area contributed by atoms with Crippen LogP contribution in [-0.2, 0) is 6.42 Å². The van der Waals surface area contributed by atoms with E-state index in [1.165, 1.54) is 17.7 Å². The number of halogens is 1. The zero-order valence-corrected chi connectivity index (χ0v) is 12.4. The average Bonchev–Trinajstić information content (AvgIpc) is 2.49. The molecule has 2 nitrogen and oxygen atoms in total. The van der Waals surface area contributed by atoms with E-state index in [9.17, 15) is 4.39 Å². The smallest absolute Gasteiger partial charge is 0.124 e. The Bertz CT molecular complexity index is 554. The molecule has 0 fully saturated rings. The number of rotatable bonds is 7. The van der Waals surface area contributed by atoms with Crippen molar-refractivity contribution in [3.63, 3.8) is 0 Å². The first-order chi connectivity index (χ1) is 10.2. The maximum Gasteiger partial charge on any atom is 0.124 e. The molecule has 2 aromatic carbocycles. The molecule has 112 valence electrons. The van der Waals surface area contributed by atoms with Crippen molar-refractivity contribution in [1.82, 2.24) is 0 Å². The Morgan fingerprint density at radius 2 is 1.86 bits per heavy atom. The maximum absolute atomic E-state index is 13.2. The van der Waals surface area contributed by atoms with Crippen LogP contribution in [0.5, 0.6) is 5.75 Å². The number of benzene rings is 2. The Labute approximate surface area is 125 Å². The lowest BCUT2D eigenvalue weighted by Gasteiger charge is -2.14. The molecule has 1 atom stereocenters. The van der Waals surface area contributed by atoms with E-state index >= 15 is 0 Å². The van der Waals surface area contributed by atoms with Gasteiger partial charge in [-0.05, 0) is 49.9 Å². The molecule has 0 saturated carbocycles. The normalized spacial score (nSPS) is 12.1. The van der Waals surface area contributed by atoms with Gasteiger partial charge in [-0.25, -0.2) is 4.39 Å². The SMILES string of the molecule is C[C@@H](N)c1cc(F)ccc1OCCCCc1ccccc1. The standard InChI is InChI=1S/C18H22FNO/c1-14(20)17-13-16(19)10-11-18(17)21-12-6-5-9-15-7-3-2-4-8-15/h2-4,7-8,10-11,13-14H,5-6,9,12,20H2,1H3/t14-/m1/s1. The van der Waals surface area contributed by atoms with Crippen LogP contribution in [0.2, 0.25) is 0 Å². The van der Waals surface area contributed by atoms with Crippen LogP contribution < -0.4 is 10.5 Å². The quantitative estimate of drug-likeness (QED) is 0.773. The molecule has 0 heterocycles. The summed E-state index contributed by atoms with van der Waals surface area (Å²) in [5.74, 6) is 0.407. The van der Waals surface area contributed by atoms with Gasteiger partial charge in [0.2, 0.25) is 0 Å². The monoisotopic (exact) mass is 287 g/mol. The lowest BCUT2D eigenvalue weighted by molar-refractivity contribution is 0.302. The highest BCUT2D eigenvalue weighted by Gasteiger charge is 2.09. The predicted molar refractivity (Wildman–Crippen MR) is 83.9 cm³/mol. The first-order valence-corrected chi connectivity index (χ1v) is 7.38. The van der Waals surface area contributed by atoms with Gasteiger partial charge in [0, 0.05) is 11.6 Å². The van der Waals surface area contributed by atoms with Gasteiger partial charge in [-0.15, -0.1) is 0 Å². The van der Waals surface area contributed by atoms with Crippen LogP contribution in [-0.4, -0.2) is 6.61 Å². The highest BCUT2D eigenvalue weighted by atomic mass is 19.1. The second kappa shape index (κ2) is 7.79. The Kier molecular flexibility index (Phi) is 5.76. The fraction of sp³-hybridized carbons (Fsp3) is 0.333. The van der Waals surface area contributed by atoms with Gasteiger partial charge in [0.25, 0.3) is 0 Å². The molecular formula is C18H22FNO. The first-order valence-electron chi connectivity index (χ1n) is 7.38. The van der Waals surface area contributed by atoms with Crippen molar-refractivity contribution in [1.29, 1.82) is 0 Å². The van der Waals surface area contributed by atoms with Crippen molar-refractivity contribution in [2.45, 2.75) is 32.2 Å². The van der Waals surface area contributed by atoms with Crippen molar-refractivity contribution in [2.75, 3.05) is 6.61 Å². The highest BCUT2D eigenvalue weighted by Crippen LogP contribution is 2.25. The van der Waals surface area contributed by atoms with Gasteiger partial charge in [0.1, 0.15) is 11.6 Å². The summed E-state index contributed by atoms with van der Waals surface area (Å²) in [7, 11) is 0. The van der Waals surface area contributed by atoms with Gasteiger partial charge in [-0.2, -0.15) is 0 Å². The minimum absolute atomic E-state index is 0.236. The molecular weight excluding hydrogens is 265 g/mol. The molecule has 0 aliphatic carbocycles. The van der Waals surface area contributed by atoms with Gasteiger partial charge < -0.3 is 10.5 Å². The van der Waals surface area contributed by atoms with Gasteiger partial charge in [-0.3, -0.25) is 0 Å². The van der Waals surface area contributed by atoms with E-state index in [4.69, 9.17) is 10.5 Å². The van der Waals surface area contributed by atoms with Crippen LogP contribution in [0.4, 0.5) is 4.39 Å². The van der Waals surface area contributed by atoms with Crippen molar-refractivity contribution in [3.05, 3.63) is 65.5 Å². The number of nitrogens with two attached hydrogens (primary N) is 1. The van der Waals surface area contributed by atoms with Gasteiger partial charge in [0.15, 0.2) is 0 Å². The second-order valence-corrected chi connectivity index (χ2v) is 5.26. The summed E-state index contributed by atoms with van der Waals surface area (Å²) in [5.41, 5.74) is 7.91. The molecule has 3 heteroatoms. The molecule has 21 heavy (non-hydrogen) atoms. The Balaban J connectivity index is 1.78. The molecule has 0 radical (unpaired) electrons. The fourth-order valence-electron chi connectivity index (χ4n) is 2.26. The molecule has 0 unspecified atom stereocenters. The molecule has 2 aromatic rings. The largest absolute Gasteiger partial charge is 0.493 e. The Morgan fingerprint density at radius 3 is 2.57 bits per heavy atom. The fourth-order valence-corrected chi connectivity index (χ4v) is 2.26. The number of hydrogen-bond acceptors (Lipinski definition) is 2. The molecule has 0 spiro atoms. The van der Waals surface area contributed by atoms with E-state index in [0.717, 1.165) is 24.8 Å². The lowest BCUT2D eigenvalue weighted by atomic mass is 10.1. The summed E-state index contributed by atoms with van der Waals surface area (Å²) in [6.07, 6.45) is 3.08. The first kappa shape index (κ1) is 15.5. The second-order valence-electron chi connectivity index (χ2n) is 5.26. The summed E-state index contributed by atoms with van der Waals surface area (Å²) < 4.78 is 19.0. The van der Waals surface area contributed by atoms with Crippen molar-refractivity contribution >= 4 is 0 Å². The van der Waals surface area contributed by atoms with E-state index in [1.807, 2.05) is 13.0 Å². The average molecular weight is 287 g/mol. The third-order valence-electron chi connectivity index (χ3n) is 3.42.